The molecule has 5 aliphatic carbocycles. The Morgan fingerprint density at radius 1 is 0.608 bits per heavy atom. The van der Waals surface area contributed by atoms with Gasteiger partial charge in [0.1, 0.15) is 36.1 Å². The van der Waals surface area contributed by atoms with Crippen LogP contribution in [-0.2, 0) is 54.3 Å². The second kappa shape index (κ2) is 47.2. The molecular weight excluding hydrogens is 1660 g/mol. The maximum atomic E-state index is 14.0. The fraction of sp³-hybridized carbons (Fsp3) is 0.519. The van der Waals surface area contributed by atoms with E-state index in [1.807, 2.05) is 132 Å². The van der Waals surface area contributed by atoms with Crippen molar-refractivity contribution in [3.05, 3.63) is 227 Å². The number of nitrogens with one attached hydrogen (secondary N) is 1. The summed E-state index contributed by atoms with van der Waals surface area (Å²) in [6.07, 6.45) is 25.9. The van der Waals surface area contributed by atoms with E-state index in [4.69, 9.17) is 29.2 Å². The smallest absolute Gasteiger partial charge is 0.311 e. The monoisotopic (exact) mass is 1790 g/mol. The summed E-state index contributed by atoms with van der Waals surface area (Å²) >= 11 is 0. The van der Waals surface area contributed by atoms with Gasteiger partial charge < -0.3 is 74.6 Å². The molecule has 9 N–H and O–H groups in total. The molecule has 0 spiro atoms. The van der Waals surface area contributed by atoms with Crippen molar-refractivity contribution in [1.82, 2.24) is 9.47 Å². The van der Waals surface area contributed by atoms with Crippen LogP contribution in [0.2, 0.25) is 0 Å². The maximum Gasteiger partial charge on any atom is 0.311 e. The number of hydrogen-bond acceptors (Lipinski definition) is 18. The Morgan fingerprint density at radius 3 is 1.60 bits per heavy atom. The van der Waals surface area contributed by atoms with E-state index in [1.165, 1.54) is 35.4 Å². The largest absolute Gasteiger partial charge is 0.481 e. The van der Waals surface area contributed by atoms with E-state index in [0.29, 0.717) is 76.4 Å². The number of amides is 1. The average Bonchev–Trinajstić information content (AvgIpc) is 1.57. The summed E-state index contributed by atoms with van der Waals surface area (Å²) in [5.41, 5.74) is 9.71. The fourth-order valence-corrected chi connectivity index (χ4v) is 19.6. The number of aliphatic hydroxyl groups excluding tert-OH is 6. The van der Waals surface area contributed by atoms with Gasteiger partial charge >= 0.3 is 35.8 Å². The van der Waals surface area contributed by atoms with Crippen LogP contribution in [0.25, 0.3) is 28.0 Å². The molecule has 704 valence electrons. The molecule has 0 radical (unpaired) electrons. The SMILES string of the molecule is CC(C)N1C(/C=C/[C@H](O)C[C@H](O)CC(=O)O)=C(c2ccc(F)cc2)C2C=CC=CC21.CC(C)c1c(C(=O)Nc2ccccc2)c(-c2ccccc2)c(-c2ccc(F)cc2)n1CC[C@@H](O)C[C@@H](O)CC(=O)O.CCC(C)(C)C(=O)O[C@H]1C[C@@H](C)C=C2C=C[C@H](C)[C@H](CC[C@@H]3C[C@@H](O)CC(=O)O3)[C@H]21.CC[C@H](C)C(=O)O[C@H]1C[C@@H](C)C=C2C=C[C@H](C)[C@H](CC[C@@H]3C[C@@H](O)CC(=O)O3)[C@H]21. The summed E-state index contributed by atoms with van der Waals surface area (Å²) in [5, 5.41) is 81.5. The van der Waals surface area contributed by atoms with Crippen molar-refractivity contribution in [2.45, 2.75) is 285 Å². The van der Waals surface area contributed by atoms with Crippen molar-refractivity contribution in [2.75, 3.05) is 5.32 Å². The number of rotatable bonds is 32. The van der Waals surface area contributed by atoms with Crippen LogP contribution in [0.3, 0.4) is 0 Å². The van der Waals surface area contributed by atoms with Crippen LogP contribution in [-0.4, -0.2) is 165 Å². The number of allylic oxidation sites excluding steroid dienone is 9. The number of benzene rings is 4. The Kier molecular flexibility index (Phi) is 37.0. The summed E-state index contributed by atoms with van der Waals surface area (Å²) in [5.74, 6) is -1.71. The van der Waals surface area contributed by atoms with Gasteiger partial charge in [-0.1, -0.05) is 190 Å². The van der Waals surface area contributed by atoms with Gasteiger partial charge in [0.25, 0.3) is 5.91 Å². The number of nitrogens with zero attached hydrogens (tertiary/aromatic N) is 2. The van der Waals surface area contributed by atoms with Crippen LogP contribution in [0.15, 0.2) is 199 Å². The lowest BCUT2D eigenvalue weighted by atomic mass is 9.65. The number of carboxylic acids is 2. The Bertz CT molecular complexity index is 4910. The predicted octanol–water partition coefficient (Wildman–Crippen LogP) is 18.6. The van der Waals surface area contributed by atoms with E-state index in [2.05, 4.69) is 100 Å². The van der Waals surface area contributed by atoms with Gasteiger partial charge in [0.15, 0.2) is 0 Å². The van der Waals surface area contributed by atoms with E-state index >= 15 is 0 Å². The van der Waals surface area contributed by atoms with Crippen molar-refractivity contribution in [2.24, 2.45) is 64.6 Å². The van der Waals surface area contributed by atoms with Crippen molar-refractivity contribution in [3.63, 3.8) is 0 Å². The number of fused-ring (bicyclic) bond motifs is 3. The molecule has 3 aliphatic heterocycles. The minimum Gasteiger partial charge on any atom is -0.481 e. The fourth-order valence-electron chi connectivity index (χ4n) is 19.6. The quantitative estimate of drug-likeness (QED) is 0.0143. The number of ether oxygens (including phenoxy) is 4. The first-order valence-corrected chi connectivity index (χ1v) is 46.7. The maximum absolute atomic E-state index is 14.0. The van der Waals surface area contributed by atoms with Gasteiger partial charge in [-0.3, -0.25) is 33.6 Å². The molecule has 4 heterocycles. The molecule has 1 aromatic heterocycles. The zero-order valence-corrected chi connectivity index (χ0v) is 77.5. The highest BCUT2D eigenvalue weighted by Gasteiger charge is 2.47. The summed E-state index contributed by atoms with van der Waals surface area (Å²) in [6, 6.07) is 31.5. The number of aliphatic carboxylic acids is 2. The molecule has 2 fully saturated rings. The highest BCUT2D eigenvalue weighted by Crippen LogP contribution is 2.50. The van der Waals surface area contributed by atoms with Gasteiger partial charge in [-0.15, -0.1) is 0 Å². The molecule has 22 nitrogen and oxygen atoms in total. The van der Waals surface area contributed by atoms with Crippen LogP contribution < -0.4 is 5.32 Å². The average molecular weight is 1800 g/mol. The highest BCUT2D eigenvalue weighted by atomic mass is 19.1. The van der Waals surface area contributed by atoms with Gasteiger partial charge in [0.05, 0.1) is 90.9 Å². The number of cyclic esters (lactones) is 2. The zero-order valence-electron chi connectivity index (χ0n) is 77.5. The molecule has 21 atom stereocenters. The molecule has 8 aliphatic rings. The third kappa shape index (κ3) is 27.5. The van der Waals surface area contributed by atoms with Crippen molar-refractivity contribution < 1.29 is 102 Å². The number of carbonyl (C=O) groups is 7. The number of carboxylic acid groups (broad SMARTS) is 2. The van der Waals surface area contributed by atoms with Crippen LogP contribution in [0, 0.1) is 76.2 Å². The molecule has 24 heteroatoms. The second-order valence-electron chi connectivity index (χ2n) is 38.0. The number of esters is 4. The second-order valence-corrected chi connectivity index (χ2v) is 38.0. The van der Waals surface area contributed by atoms with Crippen LogP contribution in [0.5, 0.6) is 0 Å². The van der Waals surface area contributed by atoms with Crippen LogP contribution in [0.4, 0.5) is 14.5 Å². The highest BCUT2D eigenvalue weighted by molar-refractivity contribution is 6.12. The normalized spacial score (nSPS) is 26.2. The number of halogens is 2. The van der Waals surface area contributed by atoms with Gasteiger partial charge in [-0.05, 0) is 221 Å². The minimum atomic E-state index is -1.18. The van der Waals surface area contributed by atoms with Crippen molar-refractivity contribution in [3.8, 4) is 22.4 Å². The molecule has 5 aromatic rings. The summed E-state index contributed by atoms with van der Waals surface area (Å²) < 4.78 is 52.6. The minimum absolute atomic E-state index is 0.0592. The first-order chi connectivity index (χ1) is 61.8. The summed E-state index contributed by atoms with van der Waals surface area (Å²) in [4.78, 5) is 86.8. The number of anilines is 1. The third-order valence-corrected chi connectivity index (χ3v) is 26.6. The molecule has 4 aromatic carbocycles. The van der Waals surface area contributed by atoms with E-state index in [1.54, 1.807) is 30.3 Å². The van der Waals surface area contributed by atoms with E-state index in [-0.39, 0.29) is 146 Å². The van der Waals surface area contributed by atoms with E-state index < -0.39 is 66.8 Å². The standard InChI is InChI=1S/C33H35FN2O5.C25H38O5.C24H28FNO4.C24H36O5/c1-21(2)31-30(33(41)35-25-11-7-4-8-12-25)29(22-9-5-3-6-10-22)32(23-13-15-24(34)16-14-23)36(31)18-17-26(37)19-27(38)20-28(39)40;1-6-25(4,5)24(28)30-21-12-15(2)11-17-8-7-16(3)20(23(17)21)10-9-19-13-18(26)14-22(27)29-19;1-15(2)26-21-6-4-3-5-20(21)24(16-7-9-17(25)10-8-16)22(26)12-11-18(27)13-19(28)14-23(29)30;1-5-15(3)24(27)29-21-11-14(2)10-17-7-6-16(4)20(23(17)21)9-8-19-12-18(25)13-22(26)28-19/h3-16,21,26-27,37-38H,17-20H2,1-2H3,(H,35,41)(H,39,40);7-8,11,15-16,18-21,23,26H,6,9-10,12-14H2,1-5H3;3-12,15,18-21,27-28H,13-14H2,1-2H3,(H,29,30);6-7,10,14-16,18-21,23,25H,5,8-9,11-13H2,1-4H3/b;;12-11+;/t26-,27-;15-,16-,18+,19+,20-,21-,23-;18-,19-,20?,21?;14-,15-,16-,18+,19+,20-,21-,23-/m1000/s1. The number of para-hydroxylation sites is 1. The lowest BCUT2D eigenvalue weighted by Gasteiger charge is -2.44. The van der Waals surface area contributed by atoms with Gasteiger partial charge in [-0.2, -0.15) is 0 Å². The van der Waals surface area contributed by atoms with Crippen molar-refractivity contribution >= 4 is 53.0 Å². The molecule has 130 heavy (non-hydrogen) atoms. The molecule has 1 amide bonds. The van der Waals surface area contributed by atoms with E-state index in [9.17, 15) is 73.0 Å². The van der Waals surface area contributed by atoms with Crippen molar-refractivity contribution in [1.29, 1.82) is 0 Å². The molecular formula is C106H137F2N3O19. The molecule has 0 saturated carbocycles. The number of aliphatic hydroxyl groups is 6. The third-order valence-electron chi connectivity index (χ3n) is 26.6. The molecule has 2 unspecified atom stereocenters. The lowest BCUT2D eigenvalue weighted by Crippen LogP contribution is -2.43. The zero-order chi connectivity index (χ0) is 94.5. The van der Waals surface area contributed by atoms with Crippen LogP contribution >= 0.6 is 0 Å². The van der Waals surface area contributed by atoms with Crippen LogP contribution in [0.1, 0.15) is 227 Å². The van der Waals surface area contributed by atoms with Gasteiger partial charge in [0, 0.05) is 72.2 Å². The molecule has 13 rings (SSSR count). The molecule has 2 saturated heterocycles. The predicted molar refractivity (Wildman–Crippen MR) is 497 cm³/mol. The van der Waals surface area contributed by atoms with Gasteiger partial charge in [0.2, 0.25) is 0 Å². The number of hydrogen-bond donors (Lipinski definition) is 9. The summed E-state index contributed by atoms with van der Waals surface area (Å²) in [7, 11) is 0. The number of carbonyl (C=O) groups excluding carboxylic acids is 5. The summed E-state index contributed by atoms with van der Waals surface area (Å²) in [6.45, 7) is 27.1. The van der Waals surface area contributed by atoms with Gasteiger partial charge in [-0.25, -0.2) is 8.78 Å². The topological polar surface area (TPSA) is 338 Å². The first-order valence-electron chi connectivity index (χ1n) is 46.7. The molecule has 0 bridgehead atoms. The Balaban J connectivity index is 0.000000182. The first kappa shape index (κ1) is 102. The number of aromatic nitrogens is 1. The Labute approximate surface area is 765 Å². The Morgan fingerprint density at radius 2 is 1.11 bits per heavy atom. The Hall–Kier alpha value is -10.2. The van der Waals surface area contributed by atoms with E-state index in [0.717, 1.165) is 79.5 Å². The lowest BCUT2D eigenvalue weighted by molar-refractivity contribution is -0.166.